The van der Waals surface area contributed by atoms with Crippen molar-refractivity contribution in [3.8, 4) is 0 Å². The van der Waals surface area contributed by atoms with Gasteiger partial charge in [-0.1, -0.05) is 26.0 Å². The number of carbonyl (C=O) groups excluding carboxylic acids is 1. The zero-order valence-electron chi connectivity index (χ0n) is 16.4. The first kappa shape index (κ1) is 20.4. The van der Waals surface area contributed by atoms with Crippen LogP contribution in [0, 0.1) is 18.8 Å². The van der Waals surface area contributed by atoms with Crippen LogP contribution in [0.15, 0.2) is 18.2 Å². The highest BCUT2D eigenvalue weighted by Gasteiger charge is 2.32. The SMILES string of the molecule is CCOC(=O)C(C(C)C)C(O)c1ccc2c(C)nn(CCCOC)c2c1. The van der Waals surface area contributed by atoms with Crippen LogP contribution < -0.4 is 0 Å². The van der Waals surface area contributed by atoms with Crippen molar-refractivity contribution in [2.75, 3.05) is 20.3 Å². The average Bonchev–Trinajstić information content (AvgIpc) is 2.91. The Kier molecular flexibility index (Phi) is 7.17. The number of aryl methyl sites for hydroxylation is 2. The number of aliphatic hydroxyl groups is 1. The van der Waals surface area contributed by atoms with Crippen molar-refractivity contribution in [1.29, 1.82) is 0 Å². The number of esters is 1. The number of ether oxygens (including phenoxy) is 2. The minimum atomic E-state index is -0.916. The molecule has 0 spiro atoms. The van der Waals surface area contributed by atoms with Gasteiger partial charge in [0.2, 0.25) is 0 Å². The van der Waals surface area contributed by atoms with Crippen LogP contribution in [-0.2, 0) is 20.8 Å². The number of aromatic nitrogens is 2. The first-order valence-electron chi connectivity index (χ1n) is 9.21. The van der Waals surface area contributed by atoms with E-state index < -0.39 is 12.0 Å². The van der Waals surface area contributed by atoms with E-state index in [9.17, 15) is 9.90 Å². The largest absolute Gasteiger partial charge is 0.466 e. The van der Waals surface area contributed by atoms with E-state index in [0.717, 1.165) is 29.6 Å². The Morgan fingerprint density at radius 2 is 2.08 bits per heavy atom. The quantitative estimate of drug-likeness (QED) is 0.547. The molecule has 2 atom stereocenters. The van der Waals surface area contributed by atoms with E-state index in [1.807, 2.05) is 43.7 Å². The lowest BCUT2D eigenvalue weighted by Gasteiger charge is -2.25. The topological polar surface area (TPSA) is 73.6 Å². The second-order valence-electron chi connectivity index (χ2n) is 6.90. The summed E-state index contributed by atoms with van der Waals surface area (Å²) in [6.07, 6.45) is -0.0576. The van der Waals surface area contributed by atoms with Crippen molar-refractivity contribution in [1.82, 2.24) is 9.78 Å². The van der Waals surface area contributed by atoms with Gasteiger partial charge >= 0.3 is 5.97 Å². The number of fused-ring (bicyclic) bond motifs is 1. The van der Waals surface area contributed by atoms with E-state index in [1.165, 1.54) is 0 Å². The minimum absolute atomic E-state index is 0.0342. The molecular weight excluding hydrogens is 332 g/mol. The molecule has 26 heavy (non-hydrogen) atoms. The van der Waals surface area contributed by atoms with E-state index in [4.69, 9.17) is 9.47 Å². The van der Waals surface area contributed by atoms with Crippen LogP contribution in [0.25, 0.3) is 10.9 Å². The fraction of sp³-hybridized carbons (Fsp3) is 0.600. The zero-order chi connectivity index (χ0) is 19.3. The zero-order valence-corrected chi connectivity index (χ0v) is 16.4. The third-order valence-electron chi connectivity index (χ3n) is 4.64. The molecular formula is C20H30N2O4. The van der Waals surface area contributed by atoms with Gasteiger partial charge in [-0.3, -0.25) is 9.48 Å². The molecule has 144 valence electrons. The maximum atomic E-state index is 12.3. The molecule has 0 saturated carbocycles. The number of hydrogen-bond acceptors (Lipinski definition) is 5. The van der Waals surface area contributed by atoms with Crippen LogP contribution in [0.5, 0.6) is 0 Å². The van der Waals surface area contributed by atoms with Gasteiger partial charge in [-0.15, -0.1) is 0 Å². The first-order valence-corrected chi connectivity index (χ1v) is 9.21. The second-order valence-corrected chi connectivity index (χ2v) is 6.90. The molecule has 1 aromatic carbocycles. The van der Waals surface area contributed by atoms with Gasteiger partial charge in [-0.05, 0) is 37.8 Å². The van der Waals surface area contributed by atoms with Crippen LogP contribution in [0.1, 0.15) is 44.6 Å². The van der Waals surface area contributed by atoms with Crippen molar-refractivity contribution < 1.29 is 19.4 Å². The van der Waals surface area contributed by atoms with E-state index in [1.54, 1.807) is 14.0 Å². The molecule has 0 bridgehead atoms. The Morgan fingerprint density at radius 1 is 1.35 bits per heavy atom. The summed E-state index contributed by atoms with van der Waals surface area (Å²) in [5.41, 5.74) is 2.61. The maximum absolute atomic E-state index is 12.3. The van der Waals surface area contributed by atoms with Crippen molar-refractivity contribution in [2.24, 2.45) is 11.8 Å². The molecule has 1 N–H and O–H groups in total. The lowest BCUT2D eigenvalue weighted by Crippen LogP contribution is -2.29. The molecule has 0 aliphatic heterocycles. The van der Waals surface area contributed by atoms with Crippen LogP contribution >= 0.6 is 0 Å². The van der Waals surface area contributed by atoms with Gasteiger partial charge in [0, 0.05) is 25.6 Å². The number of benzene rings is 1. The number of carbonyl (C=O) groups is 1. The summed E-state index contributed by atoms with van der Waals surface area (Å²) in [6, 6.07) is 5.77. The molecule has 1 aromatic heterocycles. The van der Waals surface area contributed by atoms with Gasteiger partial charge in [0.15, 0.2) is 0 Å². The van der Waals surface area contributed by atoms with Gasteiger partial charge in [0.25, 0.3) is 0 Å². The van der Waals surface area contributed by atoms with Crippen LogP contribution in [0.2, 0.25) is 0 Å². The number of methoxy groups -OCH3 is 1. The monoisotopic (exact) mass is 362 g/mol. The Hall–Kier alpha value is -1.92. The van der Waals surface area contributed by atoms with Crippen molar-refractivity contribution in [3.05, 3.63) is 29.5 Å². The summed E-state index contributed by atoms with van der Waals surface area (Å²) in [7, 11) is 1.68. The van der Waals surface area contributed by atoms with Gasteiger partial charge in [0.1, 0.15) is 0 Å². The van der Waals surface area contributed by atoms with Gasteiger partial charge in [-0.25, -0.2) is 0 Å². The lowest BCUT2D eigenvalue weighted by molar-refractivity contribution is -0.154. The molecule has 6 nitrogen and oxygen atoms in total. The third kappa shape index (κ3) is 4.43. The van der Waals surface area contributed by atoms with E-state index >= 15 is 0 Å². The predicted molar refractivity (Wildman–Crippen MR) is 101 cm³/mol. The number of nitrogens with zero attached hydrogens (tertiary/aromatic N) is 2. The Balaban J connectivity index is 2.36. The molecule has 0 fully saturated rings. The Bertz CT molecular complexity index is 739. The molecule has 0 amide bonds. The molecule has 6 heteroatoms. The fourth-order valence-corrected chi connectivity index (χ4v) is 3.28. The van der Waals surface area contributed by atoms with Crippen molar-refractivity contribution in [2.45, 2.75) is 46.8 Å². The Labute approximate surface area is 155 Å². The number of rotatable bonds is 9. The fourth-order valence-electron chi connectivity index (χ4n) is 3.28. The van der Waals surface area contributed by atoms with Crippen LogP contribution in [0.4, 0.5) is 0 Å². The normalized spacial score (nSPS) is 14.0. The number of hydrogen-bond donors (Lipinski definition) is 1. The highest BCUT2D eigenvalue weighted by molar-refractivity contribution is 5.83. The van der Waals surface area contributed by atoms with E-state index in [2.05, 4.69) is 5.10 Å². The molecule has 2 rings (SSSR count). The standard InChI is InChI=1S/C20H30N2O4/c1-6-26-20(24)18(13(2)3)19(23)15-8-9-16-14(4)21-22(17(16)12-15)10-7-11-25-5/h8-9,12-13,18-19,23H,6-7,10-11H2,1-5H3. The van der Waals surface area contributed by atoms with Crippen molar-refractivity contribution in [3.63, 3.8) is 0 Å². The molecule has 0 saturated heterocycles. The highest BCUT2D eigenvalue weighted by atomic mass is 16.5. The molecule has 0 aliphatic carbocycles. The molecule has 0 aliphatic rings. The summed E-state index contributed by atoms with van der Waals surface area (Å²) in [5, 5.41) is 16.5. The van der Waals surface area contributed by atoms with Crippen LogP contribution in [0.3, 0.4) is 0 Å². The Morgan fingerprint density at radius 3 is 2.69 bits per heavy atom. The highest BCUT2D eigenvalue weighted by Crippen LogP contribution is 2.31. The lowest BCUT2D eigenvalue weighted by atomic mass is 9.86. The smallest absolute Gasteiger partial charge is 0.312 e. The predicted octanol–water partition coefficient (Wildman–Crippen LogP) is 3.25. The van der Waals surface area contributed by atoms with Gasteiger partial charge in [0.05, 0.1) is 29.8 Å². The molecule has 2 aromatic rings. The third-order valence-corrected chi connectivity index (χ3v) is 4.64. The average molecular weight is 362 g/mol. The maximum Gasteiger partial charge on any atom is 0.312 e. The number of aliphatic hydroxyl groups excluding tert-OH is 1. The molecule has 0 radical (unpaired) electrons. The van der Waals surface area contributed by atoms with E-state index in [-0.39, 0.29) is 11.9 Å². The van der Waals surface area contributed by atoms with Crippen LogP contribution in [-0.4, -0.2) is 41.2 Å². The minimum Gasteiger partial charge on any atom is -0.466 e. The second kappa shape index (κ2) is 9.14. The summed E-state index contributed by atoms with van der Waals surface area (Å²) in [4.78, 5) is 12.3. The van der Waals surface area contributed by atoms with Gasteiger partial charge in [-0.2, -0.15) is 5.10 Å². The van der Waals surface area contributed by atoms with Crippen molar-refractivity contribution >= 4 is 16.9 Å². The van der Waals surface area contributed by atoms with E-state index in [0.29, 0.717) is 18.8 Å². The summed E-state index contributed by atoms with van der Waals surface area (Å²) in [6.45, 7) is 9.30. The summed E-state index contributed by atoms with van der Waals surface area (Å²) in [5.74, 6) is -0.994. The summed E-state index contributed by atoms with van der Waals surface area (Å²) < 4.78 is 12.2. The first-order chi connectivity index (χ1) is 12.4. The molecule has 2 unspecified atom stereocenters. The molecule has 1 heterocycles. The van der Waals surface area contributed by atoms with Gasteiger partial charge < -0.3 is 14.6 Å². The summed E-state index contributed by atoms with van der Waals surface area (Å²) >= 11 is 0.